The number of carbonyl (C=O) groups is 1. The van der Waals surface area contributed by atoms with Crippen LogP contribution in [0, 0.1) is 23.7 Å². The van der Waals surface area contributed by atoms with Crippen molar-refractivity contribution in [1.82, 2.24) is 0 Å². The predicted octanol–water partition coefficient (Wildman–Crippen LogP) is 4.78. The molecule has 2 aromatic rings. The molecule has 0 saturated carbocycles. The second-order valence-electron chi connectivity index (χ2n) is 5.15. The van der Waals surface area contributed by atoms with E-state index in [-0.39, 0.29) is 12.2 Å². The van der Waals surface area contributed by atoms with Gasteiger partial charge >= 0.3 is 0 Å². The van der Waals surface area contributed by atoms with Crippen molar-refractivity contribution in [3.05, 3.63) is 56.5 Å². The third-order valence-electron chi connectivity index (χ3n) is 3.34. The Morgan fingerprint density at radius 1 is 1.30 bits per heavy atom. The number of benzene rings is 2. The van der Waals surface area contributed by atoms with E-state index in [1.807, 2.05) is 12.1 Å². The molecule has 0 unspecified atom stereocenters. The summed E-state index contributed by atoms with van der Waals surface area (Å²) in [5.41, 5.74) is 1.10. The van der Waals surface area contributed by atoms with Crippen LogP contribution < -0.4 is 14.8 Å². The molecule has 0 saturated heterocycles. The molecule has 0 aliphatic heterocycles. The molecule has 0 spiro atoms. The molecular formula is C20H14Br2N2O3. The maximum Gasteiger partial charge on any atom is 0.266 e. The first-order valence-electron chi connectivity index (χ1n) is 7.61. The van der Waals surface area contributed by atoms with Gasteiger partial charge in [-0.15, -0.1) is 6.42 Å². The first-order chi connectivity index (χ1) is 13.0. The smallest absolute Gasteiger partial charge is 0.266 e. The summed E-state index contributed by atoms with van der Waals surface area (Å²) in [5, 5.41) is 12.1. The number of hydrogen-bond donors (Lipinski definition) is 1. The second-order valence-corrected chi connectivity index (χ2v) is 6.92. The normalized spacial score (nSPS) is 10.5. The monoisotopic (exact) mass is 488 g/mol. The number of rotatable bonds is 6. The van der Waals surface area contributed by atoms with E-state index in [9.17, 15) is 10.1 Å². The predicted molar refractivity (Wildman–Crippen MR) is 111 cm³/mol. The molecule has 0 aliphatic rings. The number of hydrogen-bond acceptors (Lipinski definition) is 4. The minimum absolute atomic E-state index is 0.0602. The Morgan fingerprint density at radius 3 is 2.70 bits per heavy atom. The van der Waals surface area contributed by atoms with Gasteiger partial charge in [0, 0.05) is 14.6 Å². The number of ether oxygens (including phenoxy) is 2. The summed E-state index contributed by atoms with van der Waals surface area (Å²) in [6, 6.07) is 12.3. The number of terminal acetylenes is 1. The molecule has 0 atom stereocenters. The molecule has 2 aromatic carbocycles. The average Bonchev–Trinajstić information content (AvgIpc) is 2.65. The molecule has 0 fully saturated rings. The molecule has 7 heteroatoms. The van der Waals surface area contributed by atoms with E-state index in [4.69, 9.17) is 15.9 Å². The van der Waals surface area contributed by atoms with Gasteiger partial charge in [0.15, 0.2) is 11.5 Å². The van der Waals surface area contributed by atoms with Crippen LogP contribution in [0.2, 0.25) is 0 Å². The van der Waals surface area contributed by atoms with Gasteiger partial charge in [-0.2, -0.15) is 5.26 Å². The lowest BCUT2D eigenvalue weighted by atomic mass is 10.1. The Kier molecular flexibility index (Phi) is 7.48. The third kappa shape index (κ3) is 5.62. The third-order valence-corrected chi connectivity index (χ3v) is 4.52. The molecule has 27 heavy (non-hydrogen) atoms. The van der Waals surface area contributed by atoms with Crippen molar-refractivity contribution in [3.8, 4) is 29.9 Å². The number of amides is 1. The Hall–Kier alpha value is -2.74. The van der Waals surface area contributed by atoms with Crippen molar-refractivity contribution >= 4 is 49.5 Å². The summed E-state index contributed by atoms with van der Waals surface area (Å²) < 4.78 is 12.2. The van der Waals surface area contributed by atoms with Gasteiger partial charge in [0.25, 0.3) is 5.91 Å². The van der Waals surface area contributed by atoms with Crippen LogP contribution in [-0.2, 0) is 4.79 Å². The highest BCUT2D eigenvalue weighted by Crippen LogP contribution is 2.34. The highest BCUT2D eigenvalue weighted by molar-refractivity contribution is 9.10. The van der Waals surface area contributed by atoms with Gasteiger partial charge in [-0.1, -0.05) is 43.8 Å². The fourth-order valence-corrected chi connectivity index (χ4v) is 2.96. The first kappa shape index (κ1) is 20.6. The van der Waals surface area contributed by atoms with Gasteiger partial charge in [-0.25, -0.2) is 0 Å². The van der Waals surface area contributed by atoms with E-state index in [1.54, 1.807) is 30.3 Å². The molecule has 2 rings (SSSR count). The molecule has 0 radical (unpaired) electrons. The van der Waals surface area contributed by atoms with Crippen molar-refractivity contribution in [1.29, 1.82) is 5.26 Å². The zero-order valence-electron chi connectivity index (χ0n) is 14.3. The summed E-state index contributed by atoms with van der Waals surface area (Å²) >= 11 is 6.74. The minimum atomic E-state index is -0.519. The van der Waals surface area contributed by atoms with Gasteiger partial charge in [0.1, 0.15) is 18.2 Å². The lowest BCUT2D eigenvalue weighted by molar-refractivity contribution is -0.112. The Balaban J connectivity index is 2.32. The summed E-state index contributed by atoms with van der Waals surface area (Å²) in [4.78, 5) is 12.4. The number of halogens is 2. The number of nitriles is 1. The molecule has 0 aliphatic carbocycles. The van der Waals surface area contributed by atoms with Crippen LogP contribution in [0.1, 0.15) is 5.56 Å². The fourth-order valence-electron chi connectivity index (χ4n) is 2.12. The number of carbonyl (C=O) groups excluding carboxylic acids is 1. The van der Waals surface area contributed by atoms with E-state index >= 15 is 0 Å². The number of nitrogens with one attached hydrogen (secondary N) is 1. The Morgan fingerprint density at radius 2 is 2.07 bits per heavy atom. The lowest BCUT2D eigenvalue weighted by Crippen LogP contribution is -2.13. The van der Waals surface area contributed by atoms with Crippen molar-refractivity contribution in [2.75, 3.05) is 19.0 Å². The molecular weight excluding hydrogens is 476 g/mol. The minimum Gasteiger partial charge on any atom is -0.493 e. The summed E-state index contributed by atoms with van der Waals surface area (Å²) in [6.45, 7) is 0.0937. The summed E-state index contributed by atoms with van der Waals surface area (Å²) in [6.07, 6.45) is 6.67. The molecule has 0 aromatic heterocycles. The standard InChI is InChI=1S/C20H14Br2N2O3/c1-3-7-27-19-11-17(22)13(9-18(19)26-2)8-14(12-23)20(25)24-16-6-4-5-15(21)10-16/h1,4-6,8-11H,7H2,2H3,(H,24,25)/b14-8-. The summed E-state index contributed by atoms with van der Waals surface area (Å²) in [5.74, 6) is 2.75. The van der Waals surface area contributed by atoms with Crippen molar-refractivity contribution in [2.45, 2.75) is 0 Å². The highest BCUT2D eigenvalue weighted by atomic mass is 79.9. The van der Waals surface area contributed by atoms with Crippen LogP contribution in [0.5, 0.6) is 11.5 Å². The largest absolute Gasteiger partial charge is 0.493 e. The molecule has 1 amide bonds. The van der Waals surface area contributed by atoms with E-state index < -0.39 is 5.91 Å². The Labute approximate surface area is 174 Å². The van der Waals surface area contributed by atoms with E-state index in [2.05, 4.69) is 43.1 Å². The van der Waals surface area contributed by atoms with Crippen LogP contribution in [-0.4, -0.2) is 19.6 Å². The van der Waals surface area contributed by atoms with Crippen LogP contribution in [0.15, 0.2) is 50.9 Å². The van der Waals surface area contributed by atoms with Gasteiger partial charge in [-0.05, 0) is 42.0 Å². The number of anilines is 1. The zero-order chi connectivity index (χ0) is 19.8. The van der Waals surface area contributed by atoms with E-state index in [0.717, 1.165) is 4.47 Å². The lowest BCUT2D eigenvalue weighted by Gasteiger charge is -2.11. The maximum absolute atomic E-state index is 12.4. The molecule has 1 N–H and O–H groups in total. The van der Waals surface area contributed by atoms with Gasteiger partial charge in [0.2, 0.25) is 0 Å². The number of methoxy groups -OCH3 is 1. The van der Waals surface area contributed by atoms with Crippen molar-refractivity contribution in [2.24, 2.45) is 0 Å². The van der Waals surface area contributed by atoms with Gasteiger partial charge in [-0.3, -0.25) is 4.79 Å². The maximum atomic E-state index is 12.4. The van der Waals surface area contributed by atoms with Gasteiger partial charge < -0.3 is 14.8 Å². The number of nitrogens with zero attached hydrogens (tertiary/aromatic N) is 1. The average molecular weight is 490 g/mol. The van der Waals surface area contributed by atoms with Crippen LogP contribution in [0.25, 0.3) is 6.08 Å². The van der Waals surface area contributed by atoms with Gasteiger partial charge in [0.05, 0.1) is 7.11 Å². The molecule has 0 bridgehead atoms. The SMILES string of the molecule is C#CCOc1cc(Br)c(/C=C(/C#N)C(=O)Nc2cccc(Br)c2)cc1OC. The summed E-state index contributed by atoms with van der Waals surface area (Å²) in [7, 11) is 1.49. The highest BCUT2D eigenvalue weighted by Gasteiger charge is 2.14. The molecule has 136 valence electrons. The molecule has 5 nitrogen and oxygen atoms in total. The Bertz CT molecular complexity index is 972. The zero-order valence-corrected chi connectivity index (χ0v) is 17.4. The van der Waals surface area contributed by atoms with Crippen molar-refractivity contribution < 1.29 is 14.3 Å². The van der Waals surface area contributed by atoms with E-state index in [0.29, 0.717) is 27.2 Å². The topological polar surface area (TPSA) is 71.3 Å². The second kappa shape index (κ2) is 9.82. The van der Waals surface area contributed by atoms with Crippen LogP contribution >= 0.6 is 31.9 Å². The quantitative estimate of drug-likeness (QED) is 0.360. The van der Waals surface area contributed by atoms with Crippen LogP contribution in [0.4, 0.5) is 5.69 Å². The fraction of sp³-hybridized carbons (Fsp3) is 0.100. The van der Waals surface area contributed by atoms with Crippen molar-refractivity contribution in [3.63, 3.8) is 0 Å². The van der Waals surface area contributed by atoms with E-state index in [1.165, 1.54) is 13.2 Å². The molecule has 0 heterocycles. The van der Waals surface area contributed by atoms with Crippen LogP contribution in [0.3, 0.4) is 0 Å². The first-order valence-corrected chi connectivity index (χ1v) is 9.19.